The molecule has 2 aromatic heterocycles. The Morgan fingerprint density at radius 3 is 2.56 bits per heavy atom. The van der Waals surface area contributed by atoms with Crippen LogP contribution in [-0.4, -0.2) is 22.2 Å². The maximum atomic E-state index is 5.68. The van der Waals surface area contributed by atoms with Crippen LogP contribution in [0.4, 0.5) is 5.82 Å². The van der Waals surface area contributed by atoms with E-state index in [4.69, 9.17) is 11.6 Å². The third-order valence-electron chi connectivity index (χ3n) is 2.58. The number of alkyl halides is 1. The molecule has 2 rings (SSSR count). The highest BCUT2D eigenvalue weighted by Crippen LogP contribution is 2.11. The smallest absolute Gasteiger partial charge is 0.151 e. The van der Waals surface area contributed by atoms with Gasteiger partial charge >= 0.3 is 0 Å². The van der Waals surface area contributed by atoms with Crippen molar-refractivity contribution in [3.8, 4) is 0 Å². The van der Waals surface area contributed by atoms with Crippen LogP contribution in [0.2, 0.25) is 0 Å². The number of anilines is 1. The molecule has 0 unspecified atom stereocenters. The van der Waals surface area contributed by atoms with Gasteiger partial charge in [0.05, 0.1) is 23.8 Å². The zero-order valence-corrected chi connectivity index (χ0v) is 11.2. The normalized spacial score (nSPS) is 10.4. The molecule has 0 aliphatic carbocycles. The topological polar surface area (TPSA) is 41.9 Å². The summed E-state index contributed by atoms with van der Waals surface area (Å²) in [6, 6.07) is 9.80. The Morgan fingerprint density at radius 1 is 1.11 bits per heavy atom. The molecule has 0 aromatic carbocycles. The van der Waals surface area contributed by atoms with Crippen LogP contribution in [0.3, 0.4) is 0 Å². The number of hydrogen-bond acceptors (Lipinski definition) is 4. The quantitative estimate of drug-likeness (QED) is 0.794. The van der Waals surface area contributed by atoms with E-state index in [1.807, 2.05) is 49.2 Å². The van der Waals surface area contributed by atoms with Gasteiger partial charge in [0, 0.05) is 12.7 Å². The van der Waals surface area contributed by atoms with E-state index in [0.29, 0.717) is 12.4 Å². The fourth-order valence-corrected chi connectivity index (χ4v) is 1.78. The standard InChI is InChI=1S/C13H15ClN4/c1-10-4-3-5-12(15-10)9-18(2)13-7-6-11(8-14)16-17-13/h3-7H,8-9H2,1-2H3. The molecule has 0 spiro atoms. The van der Waals surface area contributed by atoms with Crippen LogP contribution in [0, 0.1) is 6.92 Å². The summed E-state index contributed by atoms with van der Waals surface area (Å²) in [6.07, 6.45) is 0. The number of aryl methyl sites for hydroxylation is 1. The zero-order valence-electron chi connectivity index (χ0n) is 10.5. The molecule has 18 heavy (non-hydrogen) atoms. The number of pyridine rings is 1. The molecule has 2 heterocycles. The van der Waals surface area contributed by atoms with Crippen molar-refractivity contribution in [3.05, 3.63) is 47.4 Å². The number of aromatic nitrogens is 3. The number of nitrogens with zero attached hydrogens (tertiary/aromatic N) is 4. The highest BCUT2D eigenvalue weighted by atomic mass is 35.5. The monoisotopic (exact) mass is 262 g/mol. The van der Waals surface area contributed by atoms with Gasteiger partial charge in [-0.05, 0) is 31.2 Å². The maximum Gasteiger partial charge on any atom is 0.151 e. The lowest BCUT2D eigenvalue weighted by molar-refractivity contribution is 0.830. The summed E-state index contributed by atoms with van der Waals surface area (Å²) in [5.41, 5.74) is 2.81. The summed E-state index contributed by atoms with van der Waals surface area (Å²) in [5, 5.41) is 8.17. The highest BCUT2D eigenvalue weighted by molar-refractivity contribution is 6.16. The average Bonchev–Trinajstić information content (AvgIpc) is 2.39. The predicted octanol–water partition coefficient (Wildman–Crippen LogP) is 2.56. The molecule has 0 N–H and O–H groups in total. The van der Waals surface area contributed by atoms with Gasteiger partial charge in [-0.25, -0.2) is 0 Å². The van der Waals surface area contributed by atoms with E-state index in [1.54, 1.807) is 0 Å². The molecule has 0 saturated heterocycles. The molecule has 0 saturated carbocycles. The first kappa shape index (κ1) is 12.8. The predicted molar refractivity (Wildman–Crippen MR) is 72.7 cm³/mol. The summed E-state index contributed by atoms with van der Waals surface area (Å²) in [5.74, 6) is 1.20. The molecule has 94 valence electrons. The second-order valence-electron chi connectivity index (χ2n) is 4.14. The first-order valence-electron chi connectivity index (χ1n) is 5.71. The Morgan fingerprint density at radius 2 is 1.94 bits per heavy atom. The summed E-state index contributed by atoms with van der Waals surface area (Å²) in [7, 11) is 1.97. The molecule has 4 nitrogen and oxygen atoms in total. The summed E-state index contributed by atoms with van der Waals surface area (Å²) in [6.45, 7) is 2.69. The second-order valence-corrected chi connectivity index (χ2v) is 4.41. The van der Waals surface area contributed by atoms with Gasteiger partial charge in [-0.3, -0.25) is 4.98 Å². The Bertz CT molecular complexity index is 513. The van der Waals surface area contributed by atoms with E-state index in [2.05, 4.69) is 15.2 Å². The fraction of sp³-hybridized carbons (Fsp3) is 0.308. The van der Waals surface area contributed by atoms with E-state index < -0.39 is 0 Å². The average molecular weight is 263 g/mol. The minimum absolute atomic E-state index is 0.385. The maximum absolute atomic E-state index is 5.68. The van der Waals surface area contributed by atoms with E-state index >= 15 is 0 Å². The van der Waals surface area contributed by atoms with Crippen LogP contribution in [-0.2, 0) is 12.4 Å². The van der Waals surface area contributed by atoms with Crippen molar-refractivity contribution in [2.75, 3.05) is 11.9 Å². The van der Waals surface area contributed by atoms with Crippen molar-refractivity contribution in [2.24, 2.45) is 0 Å². The minimum atomic E-state index is 0.385. The van der Waals surface area contributed by atoms with Crippen LogP contribution in [0.25, 0.3) is 0 Å². The lowest BCUT2D eigenvalue weighted by atomic mass is 10.3. The number of rotatable bonds is 4. The Kier molecular flexibility index (Phi) is 4.10. The van der Waals surface area contributed by atoms with Gasteiger partial charge in [-0.1, -0.05) is 6.07 Å². The minimum Gasteiger partial charge on any atom is -0.352 e. The van der Waals surface area contributed by atoms with Crippen molar-refractivity contribution in [3.63, 3.8) is 0 Å². The first-order chi connectivity index (χ1) is 8.69. The van der Waals surface area contributed by atoms with Crippen molar-refractivity contribution >= 4 is 17.4 Å². The SMILES string of the molecule is Cc1cccc(CN(C)c2ccc(CCl)nn2)n1. The van der Waals surface area contributed by atoms with Crippen LogP contribution >= 0.6 is 11.6 Å². The van der Waals surface area contributed by atoms with Crippen LogP contribution in [0.1, 0.15) is 17.1 Å². The molecule has 0 radical (unpaired) electrons. The molecular weight excluding hydrogens is 248 g/mol. The van der Waals surface area contributed by atoms with Crippen molar-refractivity contribution < 1.29 is 0 Å². The summed E-state index contributed by atoms with van der Waals surface area (Å²) < 4.78 is 0. The van der Waals surface area contributed by atoms with Crippen molar-refractivity contribution in [1.82, 2.24) is 15.2 Å². The summed E-state index contributed by atoms with van der Waals surface area (Å²) in [4.78, 5) is 6.47. The van der Waals surface area contributed by atoms with E-state index in [-0.39, 0.29) is 0 Å². The largest absolute Gasteiger partial charge is 0.352 e. The molecule has 0 fully saturated rings. The molecule has 0 bridgehead atoms. The second kappa shape index (κ2) is 5.78. The van der Waals surface area contributed by atoms with Gasteiger partial charge in [-0.2, -0.15) is 5.10 Å². The van der Waals surface area contributed by atoms with Crippen LogP contribution in [0.15, 0.2) is 30.3 Å². The van der Waals surface area contributed by atoms with Gasteiger partial charge in [-0.15, -0.1) is 16.7 Å². The number of hydrogen-bond donors (Lipinski definition) is 0. The molecule has 0 aliphatic heterocycles. The Balaban J connectivity index is 2.09. The molecule has 5 heteroatoms. The summed E-state index contributed by atoms with van der Waals surface area (Å²) >= 11 is 5.68. The molecular formula is C13H15ClN4. The third-order valence-corrected chi connectivity index (χ3v) is 2.85. The highest BCUT2D eigenvalue weighted by Gasteiger charge is 2.05. The molecule has 0 aliphatic rings. The van der Waals surface area contributed by atoms with Gasteiger partial charge < -0.3 is 4.90 Å². The third kappa shape index (κ3) is 3.17. The Hall–Kier alpha value is -1.68. The van der Waals surface area contributed by atoms with Gasteiger partial charge in [0.1, 0.15) is 0 Å². The fourth-order valence-electron chi connectivity index (χ4n) is 1.64. The van der Waals surface area contributed by atoms with Gasteiger partial charge in [0.2, 0.25) is 0 Å². The lowest BCUT2D eigenvalue weighted by Gasteiger charge is -2.17. The van der Waals surface area contributed by atoms with Crippen molar-refractivity contribution in [1.29, 1.82) is 0 Å². The van der Waals surface area contributed by atoms with Crippen LogP contribution < -0.4 is 4.90 Å². The zero-order chi connectivity index (χ0) is 13.0. The number of halogens is 1. The van der Waals surface area contributed by atoms with Crippen molar-refractivity contribution in [2.45, 2.75) is 19.3 Å². The van der Waals surface area contributed by atoms with Gasteiger partial charge in [0.25, 0.3) is 0 Å². The van der Waals surface area contributed by atoms with E-state index in [1.165, 1.54) is 0 Å². The van der Waals surface area contributed by atoms with Crippen LogP contribution in [0.5, 0.6) is 0 Å². The molecule has 0 atom stereocenters. The van der Waals surface area contributed by atoms with E-state index in [0.717, 1.165) is 22.9 Å². The van der Waals surface area contributed by atoms with Gasteiger partial charge in [0.15, 0.2) is 5.82 Å². The first-order valence-corrected chi connectivity index (χ1v) is 6.25. The van der Waals surface area contributed by atoms with E-state index in [9.17, 15) is 0 Å². The molecule has 2 aromatic rings. The molecule has 0 amide bonds. The lowest BCUT2D eigenvalue weighted by Crippen LogP contribution is -2.19. The Labute approximate surface area is 112 Å².